The fourth-order valence-corrected chi connectivity index (χ4v) is 3.02. The Morgan fingerprint density at radius 1 is 1.08 bits per heavy atom. The highest BCUT2D eigenvalue weighted by Gasteiger charge is 2.60. The van der Waals surface area contributed by atoms with Gasteiger partial charge in [-0.25, -0.2) is 4.79 Å². The molecule has 1 heterocycles. The number of hydrogen-bond acceptors (Lipinski definition) is 3. The highest BCUT2D eigenvalue weighted by molar-refractivity contribution is 6.44. The summed E-state index contributed by atoms with van der Waals surface area (Å²) in [6.45, 7) is 6.10. The number of hydrogen-bond donors (Lipinski definition) is 0. The Morgan fingerprint density at radius 2 is 1.52 bits per heavy atom. The van der Waals surface area contributed by atoms with Crippen LogP contribution in [-0.2, 0) is 4.74 Å². The minimum Gasteiger partial charge on any atom is -0.426 e. The largest absolute Gasteiger partial charge is 0.434 e. The highest BCUT2D eigenvalue weighted by atomic mass is 19.4. The van der Waals surface area contributed by atoms with E-state index in [-0.39, 0.29) is 18.0 Å². The lowest BCUT2D eigenvalue weighted by molar-refractivity contribution is -0.308. The van der Waals surface area contributed by atoms with Gasteiger partial charge in [0.2, 0.25) is 0 Å². The van der Waals surface area contributed by atoms with E-state index in [0.717, 1.165) is 4.90 Å². The van der Waals surface area contributed by atoms with Crippen molar-refractivity contribution in [3.8, 4) is 0 Å². The standard InChI is InChI=1S/C12H21B3F6N2O2/c1-9(2,3)22-4-5-23(10(14,15)7(22)13)8(24)25-6(11(16,17)18)12(19,20)21/h6-7H,4-5,13-15H2,1-3H3. The third-order valence-corrected chi connectivity index (χ3v) is 4.65. The van der Waals surface area contributed by atoms with Gasteiger partial charge in [0.25, 0.3) is 6.10 Å². The summed E-state index contributed by atoms with van der Waals surface area (Å²) in [5.41, 5.74) is -0.271. The van der Waals surface area contributed by atoms with Crippen molar-refractivity contribution in [2.45, 2.75) is 56.0 Å². The van der Waals surface area contributed by atoms with Crippen molar-refractivity contribution in [1.29, 1.82) is 0 Å². The number of carbonyl (C=O) groups is 1. The Balaban J connectivity index is 3.03. The van der Waals surface area contributed by atoms with Crippen LogP contribution in [0.3, 0.4) is 0 Å². The second-order valence-corrected chi connectivity index (χ2v) is 7.69. The predicted molar refractivity (Wildman–Crippen MR) is 87.7 cm³/mol. The van der Waals surface area contributed by atoms with Crippen molar-refractivity contribution in [3.63, 3.8) is 0 Å². The molecule has 142 valence electrons. The molecule has 1 amide bonds. The SMILES string of the molecule is BC1N(C(C)(C)C)CCN(C(=O)OC(C(F)(F)F)C(F)(F)F)C1(B)B. The van der Waals surface area contributed by atoms with Crippen LogP contribution in [0.2, 0.25) is 0 Å². The van der Waals surface area contributed by atoms with Gasteiger partial charge in [-0.2, -0.15) is 26.3 Å². The van der Waals surface area contributed by atoms with E-state index >= 15 is 0 Å². The zero-order valence-corrected chi connectivity index (χ0v) is 15.0. The van der Waals surface area contributed by atoms with Crippen molar-refractivity contribution >= 4 is 29.6 Å². The van der Waals surface area contributed by atoms with Gasteiger partial charge in [-0.15, -0.1) is 0 Å². The first-order chi connectivity index (χ1) is 10.9. The molecule has 0 saturated carbocycles. The zero-order chi connectivity index (χ0) is 20.0. The van der Waals surface area contributed by atoms with Crippen LogP contribution in [0.15, 0.2) is 0 Å². The molecule has 0 radical (unpaired) electrons. The predicted octanol–water partition coefficient (Wildman–Crippen LogP) is -0.0885. The first-order valence-electron chi connectivity index (χ1n) is 7.78. The molecule has 1 unspecified atom stereocenters. The average molecular weight is 372 g/mol. The summed E-state index contributed by atoms with van der Waals surface area (Å²) < 4.78 is 79.5. The van der Waals surface area contributed by atoms with Crippen LogP contribution in [-0.4, -0.2) is 87.8 Å². The number of rotatable bonds is 1. The van der Waals surface area contributed by atoms with Gasteiger partial charge in [0, 0.05) is 18.6 Å². The van der Waals surface area contributed by atoms with E-state index in [1.807, 2.05) is 25.7 Å². The van der Waals surface area contributed by atoms with Gasteiger partial charge >= 0.3 is 18.4 Å². The lowest BCUT2D eigenvalue weighted by Crippen LogP contribution is -2.73. The summed E-state index contributed by atoms with van der Waals surface area (Å²) >= 11 is 0. The van der Waals surface area contributed by atoms with Crippen LogP contribution in [0.5, 0.6) is 0 Å². The number of piperazine rings is 1. The van der Waals surface area contributed by atoms with Crippen molar-refractivity contribution in [3.05, 3.63) is 0 Å². The Labute approximate surface area is 145 Å². The molecule has 0 spiro atoms. The summed E-state index contributed by atoms with van der Waals surface area (Å²) in [6, 6.07) is 0. The maximum Gasteiger partial charge on any atom is 0.434 e. The summed E-state index contributed by atoms with van der Waals surface area (Å²) in [7, 11) is 4.95. The molecule has 0 bridgehead atoms. The molecule has 25 heavy (non-hydrogen) atoms. The molecule has 0 aliphatic carbocycles. The van der Waals surface area contributed by atoms with Gasteiger partial charge in [-0.1, -0.05) is 0 Å². The van der Waals surface area contributed by atoms with E-state index in [2.05, 4.69) is 4.74 Å². The first-order valence-corrected chi connectivity index (χ1v) is 7.78. The molecule has 1 atom stereocenters. The molecule has 1 saturated heterocycles. The number of nitrogens with zero attached hydrogens (tertiary/aromatic N) is 2. The molecule has 0 N–H and O–H groups in total. The smallest absolute Gasteiger partial charge is 0.426 e. The van der Waals surface area contributed by atoms with Gasteiger partial charge in [-0.3, -0.25) is 0 Å². The fourth-order valence-electron chi connectivity index (χ4n) is 3.02. The minimum atomic E-state index is -5.73. The molecule has 1 aliphatic heterocycles. The molecule has 4 nitrogen and oxygen atoms in total. The molecule has 1 rings (SSSR count). The normalized spacial score (nSPS) is 23.0. The van der Waals surface area contributed by atoms with Gasteiger partial charge in [-0.05, 0) is 32.1 Å². The maximum atomic E-state index is 12.6. The summed E-state index contributed by atoms with van der Waals surface area (Å²) in [6.07, 6.45) is -17.2. The van der Waals surface area contributed by atoms with Gasteiger partial charge in [0.05, 0.1) is 0 Å². The summed E-state index contributed by atoms with van der Waals surface area (Å²) in [5, 5.41) is -1.01. The molecule has 0 aromatic rings. The Hall–Kier alpha value is -0.995. The Bertz CT molecular complexity index is 493. The van der Waals surface area contributed by atoms with Crippen LogP contribution in [0.25, 0.3) is 0 Å². The van der Waals surface area contributed by atoms with Crippen molar-refractivity contribution < 1.29 is 35.9 Å². The van der Waals surface area contributed by atoms with Crippen LogP contribution in [0.4, 0.5) is 31.1 Å². The topological polar surface area (TPSA) is 32.8 Å². The fraction of sp³-hybridized carbons (Fsp3) is 0.917. The molecular weight excluding hydrogens is 351 g/mol. The number of carbonyl (C=O) groups excluding carboxylic acids is 1. The Morgan fingerprint density at radius 3 is 1.88 bits per heavy atom. The number of halogens is 6. The van der Waals surface area contributed by atoms with Gasteiger partial charge < -0.3 is 14.5 Å². The van der Waals surface area contributed by atoms with Crippen LogP contribution < -0.4 is 0 Å². The average Bonchev–Trinajstić information content (AvgIpc) is 2.34. The van der Waals surface area contributed by atoms with Crippen LogP contribution in [0.1, 0.15) is 20.8 Å². The quantitative estimate of drug-likeness (QED) is 0.477. The van der Waals surface area contributed by atoms with Crippen LogP contribution >= 0.6 is 0 Å². The number of amides is 1. The van der Waals surface area contributed by atoms with E-state index in [1.54, 1.807) is 23.5 Å². The van der Waals surface area contributed by atoms with Crippen molar-refractivity contribution in [2.24, 2.45) is 0 Å². The molecular formula is C12H21B3F6N2O2. The molecule has 1 aliphatic rings. The van der Waals surface area contributed by atoms with E-state index in [1.165, 1.54) is 0 Å². The molecule has 13 heteroatoms. The second-order valence-electron chi connectivity index (χ2n) is 7.69. The summed E-state index contributed by atoms with van der Waals surface area (Å²) in [5.74, 6) is -0.302. The highest BCUT2D eigenvalue weighted by Crippen LogP contribution is 2.37. The summed E-state index contributed by atoms with van der Waals surface area (Å²) in [4.78, 5) is 15.1. The molecule has 0 aromatic heterocycles. The lowest BCUT2D eigenvalue weighted by atomic mass is 9.50. The van der Waals surface area contributed by atoms with Crippen LogP contribution in [0, 0.1) is 0 Å². The van der Waals surface area contributed by atoms with E-state index in [0.29, 0.717) is 6.54 Å². The number of ether oxygens (including phenoxy) is 1. The third-order valence-electron chi connectivity index (χ3n) is 4.65. The zero-order valence-electron chi connectivity index (χ0n) is 15.0. The van der Waals surface area contributed by atoms with E-state index in [4.69, 9.17) is 0 Å². The van der Waals surface area contributed by atoms with Gasteiger partial charge in [0.15, 0.2) is 0 Å². The van der Waals surface area contributed by atoms with Crippen molar-refractivity contribution in [2.75, 3.05) is 13.1 Å². The van der Waals surface area contributed by atoms with E-state index < -0.39 is 29.9 Å². The minimum absolute atomic E-state index is 0.0319. The van der Waals surface area contributed by atoms with Crippen molar-refractivity contribution in [1.82, 2.24) is 9.80 Å². The first kappa shape index (κ1) is 22.0. The monoisotopic (exact) mass is 372 g/mol. The maximum absolute atomic E-state index is 12.6. The van der Waals surface area contributed by atoms with Gasteiger partial charge in [0.1, 0.15) is 23.5 Å². The molecule has 1 fully saturated rings. The number of alkyl halides is 6. The molecule has 0 aromatic carbocycles. The Kier molecular flexibility index (Phi) is 5.84. The third kappa shape index (κ3) is 4.80. The van der Waals surface area contributed by atoms with E-state index in [9.17, 15) is 31.1 Å². The second kappa shape index (κ2) is 6.62. The lowest BCUT2D eigenvalue weighted by Gasteiger charge is -2.56.